The number of hydrogen-bond acceptors (Lipinski definition) is 2. The van der Waals surface area contributed by atoms with Crippen LogP contribution in [0.15, 0.2) is 12.1 Å². The van der Waals surface area contributed by atoms with Crippen LogP contribution in [0, 0.1) is 19.8 Å². The van der Waals surface area contributed by atoms with Gasteiger partial charge in [-0.3, -0.25) is 4.79 Å². The fourth-order valence-corrected chi connectivity index (χ4v) is 2.50. The van der Waals surface area contributed by atoms with Crippen molar-refractivity contribution in [2.75, 3.05) is 13.2 Å². The normalized spacial score (nSPS) is 12.0. The molecule has 0 aliphatic carbocycles. The molecule has 0 spiro atoms. The van der Waals surface area contributed by atoms with E-state index in [0.29, 0.717) is 11.7 Å². The largest absolute Gasteiger partial charge is 0.484 e. The Kier molecular flexibility index (Phi) is 8.32. The summed E-state index contributed by atoms with van der Waals surface area (Å²) in [4.78, 5) is 11.9. The van der Waals surface area contributed by atoms with Crippen LogP contribution in [0.1, 0.15) is 50.7 Å². The Morgan fingerprint density at radius 2 is 1.91 bits per heavy atom. The second-order valence-electron chi connectivity index (χ2n) is 5.88. The third-order valence-corrected chi connectivity index (χ3v) is 4.51. The van der Waals surface area contributed by atoms with Gasteiger partial charge in [0.15, 0.2) is 6.61 Å². The smallest absolute Gasteiger partial charge is 0.257 e. The van der Waals surface area contributed by atoms with Crippen molar-refractivity contribution in [2.24, 2.45) is 5.92 Å². The molecule has 124 valence electrons. The van der Waals surface area contributed by atoms with E-state index in [0.717, 1.165) is 29.1 Å². The van der Waals surface area contributed by atoms with Gasteiger partial charge in [-0.15, -0.1) is 0 Å². The summed E-state index contributed by atoms with van der Waals surface area (Å²) >= 11 is 6.12. The lowest BCUT2D eigenvalue weighted by atomic mass is 9.99. The van der Waals surface area contributed by atoms with Crippen molar-refractivity contribution in [3.8, 4) is 5.75 Å². The summed E-state index contributed by atoms with van der Waals surface area (Å²) in [6.45, 7) is 9.00. The van der Waals surface area contributed by atoms with Crippen molar-refractivity contribution in [3.63, 3.8) is 0 Å². The Bertz CT molecular complexity index is 465. The van der Waals surface area contributed by atoms with Crippen LogP contribution < -0.4 is 10.1 Å². The van der Waals surface area contributed by atoms with Crippen LogP contribution in [0.3, 0.4) is 0 Å². The quantitative estimate of drug-likeness (QED) is 0.716. The molecule has 0 aliphatic rings. The maximum atomic E-state index is 11.9. The van der Waals surface area contributed by atoms with E-state index in [2.05, 4.69) is 19.2 Å². The highest BCUT2D eigenvalue weighted by Crippen LogP contribution is 2.25. The zero-order valence-electron chi connectivity index (χ0n) is 14.2. The van der Waals surface area contributed by atoms with E-state index in [1.165, 1.54) is 19.3 Å². The van der Waals surface area contributed by atoms with Crippen LogP contribution in [-0.4, -0.2) is 19.1 Å². The summed E-state index contributed by atoms with van der Waals surface area (Å²) in [5, 5.41) is 3.71. The molecule has 0 fully saturated rings. The van der Waals surface area contributed by atoms with Gasteiger partial charge in [-0.25, -0.2) is 0 Å². The molecule has 3 nitrogen and oxygen atoms in total. The molecule has 4 heteroatoms. The van der Waals surface area contributed by atoms with Gasteiger partial charge in [0.25, 0.3) is 5.91 Å². The molecule has 1 atom stereocenters. The number of hydrogen-bond donors (Lipinski definition) is 1. The zero-order chi connectivity index (χ0) is 16.5. The van der Waals surface area contributed by atoms with Crippen LogP contribution in [0.5, 0.6) is 5.75 Å². The highest BCUT2D eigenvalue weighted by Gasteiger charge is 2.10. The number of rotatable bonds is 9. The predicted molar refractivity (Wildman–Crippen MR) is 92.7 cm³/mol. The first-order chi connectivity index (χ1) is 10.5. The highest BCUT2D eigenvalue weighted by atomic mass is 35.5. The van der Waals surface area contributed by atoms with Gasteiger partial charge in [0.2, 0.25) is 0 Å². The minimum absolute atomic E-state index is 0.0464. The standard InChI is InChI=1S/C18H28ClNO2/c1-5-7-8-15(6-2)11-20-17(21)12-22-16-9-13(3)18(19)14(4)10-16/h9-10,15H,5-8,11-12H2,1-4H3,(H,20,21). The second kappa shape index (κ2) is 9.73. The van der Waals surface area contributed by atoms with E-state index in [-0.39, 0.29) is 12.5 Å². The van der Waals surface area contributed by atoms with Gasteiger partial charge < -0.3 is 10.1 Å². The summed E-state index contributed by atoms with van der Waals surface area (Å²) in [6.07, 6.45) is 4.68. The molecule has 0 bridgehead atoms. The van der Waals surface area contributed by atoms with Crippen LogP contribution in [0.4, 0.5) is 0 Å². The second-order valence-corrected chi connectivity index (χ2v) is 6.26. The maximum absolute atomic E-state index is 11.9. The number of unbranched alkanes of at least 4 members (excludes halogenated alkanes) is 1. The van der Waals surface area contributed by atoms with E-state index in [1.54, 1.807) is 0 Å². The SMILES string of the molecule is CCCCC(CC)CNC(=O)COc1cc(C)c(Cl)c(C)c1. The fraction of sp³-hybridized carbons (Fsp3) is 0.611. The third-order valence-electron chi connectivity index (χ3n) is 3.91. The molecule has 1 aromatic rings. The molecule has 0 aromatic heterocycles. The first kappa shape index (κ1) is 18.8. The maximum Gasteiger partial charge on any atom is 0.257 e. The number of benzene rings is 1. The van der Waals surface area contributed by atoms with Crippen molar-refractivity contribution in [1.82, 2.24) is 5.32 Å². The van der Waals surface area contributed by atoms with Gasteiger partial charge in [-0.1, -0.05) is 44.7 Å². The first-order valence-corrected chi connectivity index (χ1v) is 8.51. The Hall–Kier alpha value is -1.22. The van der Waals surface area contributed by atoms with Gasteiger partial charge in [-0.2, -0.15) is 0 Å². The molecular weight excluding hydrogens is 298 g/mol. The van der Waals surface area contributed by atoms with Gasteiger partial charge in [0, 0.05) is 11.6 Å². The van der Waals surface area contributed by atoms with Crippen LogP contribution in [-0.2, 0) is 4.79 Å². The van der Waals surface area contributed by atoms with E-state index in [9.17, 15) is 4.79 Å². The molecule has 1 aromatic carbocycles. The van der Waals surface area contributed by atoms with Gasteiger partial charge in [0.05, 0.1) is 0 Å². The Balaban J connectivity index is 2.40. The molecule has 0 radical (unpaired) electrons. The number of halogens is 1. The van der Waals surface area contributed by atoms with Crippen LogP contribution >= 0.6 is 11.6 Å². The molecule has 0 saturated heterocycles. The molecule has 22 heavy (non-hydrogen) atoms. The molecule has 1 unspecified atom stereocenters. The molecule has 1 amide bonds. The van der Waals surface area contributed by atoms with Crippen molar-refractivity contribution in [2.45, 2.75) is 53.4 Å². The summed E-state index contributed by atoms with van der Waals surface area (Å²) in [6, 6.07) is 3.72. The van der Waals surface area contributed by atoms with E-state index in [4.69, 9.17) is 16.3 Å². The van der Waals surface area contributed by atoms with Crippen molar-refractivity contribution in [1.29, 1.82) is 0 Å². The van der Waals surface area contributed by atoms with E-state index in [1.807, 2.05) is 26.0 Å². The monoisotopic (exact) mass is 325 g/mol. The van der Waals surface area contributed by atoms with Crippen molar-refractivity contribution >= 4 is 17.5 Å². The first-order valence-electron chi connectivity index (χ1n) is 8.14. The summed E-state index contributed by atoms with van der Waals surface area (Å²) in [7, 11) is 0. The number of ether oxygens (including phenoxy) is 1. The fourth-order valence-electron chi connectivity index (χ4n) is 2.39. The lowest BCUT2D eigenvalue weighted by Gasteiger charge is -2.15. The third kappa shape index (κ3) is 6.27. The number of carbonyl (C=O) groups is 1. The molecule has 0 aliphatic heterocycles. The summed E-state index contributed by atoms with van der Waals surface area (Å²) < 4.78 is 5.56. The molecular formula is C18H28ClNO2. The molecule has 1 rings (SSSR count). The number of carbonyl (C=O) groups excluding carboxylic acids is 1. The Morgan fingerprint density at radius 1 is 1.27 bits per heavy atom. The lowest BCUT2D eigenvalue weighted by Crippen LogP contribution is -2.33. The summed E-state index contributed by atoms with van der Waals surface area (Å²) in [5.41, 5.74) is 1.92. The molecule has 1 N–H and O–H groups in total. The zero-order valence-corrected chi connectivity index (χ0v) is 14.9. The van der Waals surface area contributed by atoms with Gasteiger partial charge in [0.1, 0.15) is 5.75 Å². The number of nitrogens with one attached hydrogen (secondary N) is 1. The van der Waals surface area contributed by atoms with Crippen LogP contribution in [0.2, 0.25) is 5.02 Å². The highest BCUT2D eigenvalue weighted by molar-refractivity contribution is 6.32. The average Bonchev–Trinajstić information content (AvgIpc) is 2.50. The van der Waals surface area contributed by atoms with Crippen LogP contribution in [0.25, 0.3) is 0 Å². The molecule has 0 heterocycles. The lowest BCUT2D eigenvalue weighted by molar-refractivity contribution is -0.123. The van der Waals surface area contributed by atoms with Gasteiger partial charge >= 0.3 is 0 Å². The summed E-state index contributed by atoms with van der Waals surface area (Å²) in [5.74, 6) is 1.18. The Morgan fingerprint density at radius 3 is 2.45 bits per heavy atom. The van der Waals surface area contributed by atoms with Crippen molar-refractivity contribution in [3.05, 3.63) is 28.3 Å². The Labute approximate surface area is 139 Å². The van der Waals surface area contributed by atoms with E-state index >= 15 is 0 Å². The number of amides is 1. The van der Waals surface area contributed by atoms with Crippen molar-refractivity contribution < 1.29 is 9.53 Å². The molecule has 0 saturated carbocycles. The minimum Gasteiger partial charge on any atom is -0.484 e. The predicted octanol–water partition coefficient (Wildman–Crippen LogP) is 4.67. The topological polar surface area (TPSA) is 38.3 Å². The van der Waals surface area contributed by atoms with E-state index < -0.39 is 0 Å². The number of aryl methyl sites for hydroxylation is 2. The van der Waals surface area contributed by atoms with Gasteiger partial charge in [-0.05, 0) is 49.4 Å². The minimum atomic E-state index is -0.0693. The average molecular weight is 326 g/mol.